The molecule has 0 aliphatic rings. The van der Waals surface area contributed by atoms with Gasteiger partial charge in [0.15, 0.2) is 5.82 Å². The van der Waals surface area contributed by atoms with E-state index in [4.69, 9.17) is 0 Å². The monoisotopic (exact) mass is 290 g/mol. The molecule has 2 aromatic rings. The first-order valence-electron chi connectivity index (χ1n) is 4.20. The number of nitrogens with one attached hydrogen (secondary N) is 1. The van der Waals surface area contributed by atoms with Gasteiger partial charge in [0.25, 0.3) is 5.56 Å². The van der Waals surface area contributed by atoms with Crippen LogP contribution in [0.4, 0.5) is 8.78 Å². The minimum atomic E-state index is -0.889. The van der Waals surface area contributed by atoms with Crippen LogP contribution in [-0.4, -0.2) is 9.55 Å². The lowest BCUT2D eigenvalue weighted by Crippen LogP contribution is -2.33. The van der Waals surface area contributed by atoms with Crippen LogP contribution in [0.3, 0.4) is 0 Å². The van der Waals surface area contributed by atoms with Crippen molar-refractivity contribution in [2.75, 3.05) is 0 Å². The van der Waals surface area contributed by atoms with Crippen molar-refractivity contribution in [3.05, 3.63) is 43.0 Å². The Bertz CT molecular complexity index is 705. The van der Waals surface area contributed by atoms with E-state index in [1.807, 2.05) is 0 Å². The van der Waals surface area contributed by atoms with Crippen molar-refractivity contribution in [3.8, 4) is 0 Å². The third kappa shape index (κ3) is 1.39. The summed E-state index contributed by atoms with van der Waals surface area (Å²) in [7, 11) is 1.18. The number of benzene rings is 1. The normalized spacial score (nSPS) is 11.0. The van der Waals surface area contributed by atoms with Crippen LogP contribution in [0.1, 0.15) is 0 Å². The molecule has 0 saturated heterocycles. The molecular weight excluding hydrogens is 286 g/mol. The summed E-state index contributed by atoms with van der Waals surface area (Å²) in [6, 6.07) is 0.845. The summed E-state index contributed by atoms with van der Waals surface area (Å²) in [5.74, 6) is -1.76. The van der Waals surface area contributed by atoms with Gasteiger partial charge < -0.3 is 4.98 Å². The molecule has 0 unspecified atom stereocenters. The van der Waals surface area contributed by atoms with Gasteiger partial charge in [-0.3, -0.25) is 9.36 Å². The molecule has 2 rings (SSSR count). The highest BCUT2D eigenvalue weighted by molar-refractivity contribution is 9.10. The van der Waals surface area contributed by atoms with Gasteiger partial charge in [-0.1, -0.05) is 0 Å². The second-order valence-electron chi connectivity index (χ2n) is 3.20. The Kier molecular flexibility index (Phi) is 2.42. The van der Waals surface area contributed by atoms with E-state index in [-0.39, 0.29) is 4.47 Å². The fourth-order valence-corrected chi connectivity index (χ4v) is 1.77. The largest absolute Gasteiger partial charge is 0.328 e. The molecule has 16 heavy (non-hydrogen) atoms. The molecule has 0 saturated carbocycles. The van der Waals surface area contributed by atoms with Crippen molar-refractivity contribution in [3.63, 3.8) is 0 Å². The lowest BCUT2D eigenvalue weighted by atomic mass is 10.2. The summed E-state index contributed by atoms with van der Waals surface area (Å²) in [6.07, 6.45) is 0. The highest BCUT2D eigenvalue weighted by Crippen LogP contribution is 2.23. The lowest BCUT2D eigenvalue weighted by Gasteiger charge is -2.04. The van der Waals surface area contributed by atoms with Crippen LogP contribution in [-0.2, 0) is 7.05 Å². The molecule has 0 aliphatic carbocycles. The van der Waals surface area contributed by atoms with E-state index < -0.39 is 33.8 Å². The number of fused-ring (bicyclic) bond motifs is 1. The van der Waals surface area contributed by atoms with Crippen molar-refractivity contribution in [1.82, 2.24) is 9.55 Å². The van der Waals surface area contributed by atoms with Crippen LogP contribution in [0, 0.1) is 11.6 Å². The van der Waals surface area contributed by atoms with Crippen molar-refractivity contribution >= 4 is 26.8 Å². The second-order valence-corrected chi connectivity index (χ2v) is 4.05. The molecule has 1 aromatic carbocycles. The van der Waals surface area contributed by atoms with E-state index >= 15 is 0 Å². The summed E-state index contributed by atoms with van der Waals surface area (Å²) in [5.41, 5.74) is -2.10. The maximum Gasteiger partial charge on any atom is 0.328 e. The number of halogens is 3. The van der Waals surface area contributed by atoms with Crippen LogP contribution >= 0.6 is 15.9 Å². The highest BCUT2D eigenvalue weighted by atomic mass is 79.9. The number of hydrogen-bond acceptors (Lipinski definition) is 2. The molecule has 0 bridgehead atoms. The molecule has 84 valence electrons. The van der Waals surface area contributed by atoms with Crippen LogP contribution in [0.2, 0.25) is 0 Å². The van der Waals surface area contributed by atoms with E-state index in [1.165, 1.54) is 7.05 Å². The summed E-state index contributed by atoms with van der Waals surface area (Å²) in [5, 5.41) is -0.470. The maximum atomic E-state index is 13.5. The molecular formula is C9H5BrF2N2O2. The van der Waals surface area contributed by atoms with Crippen molar-refractivity contribution in [2.45, 2.75) is 0 Å². The molecule has 0 aliphatic heterocycles. The van der Waals surface area contributed by atoms with E-state index in [9.17, 15) is 18.4 Å². The van der Waals surface area contributed by atoms with Crippen LogP contribution in [0.5, 0.6) is 0 Å². The van der Waals surface area contributed by atoms with Crippen LogP contribution in [0.25, 0.3) is 10.9 Å². The predicted molar refractivity (Wildman–Crippen MR) is 57.4 cm³/mol. The number of aromatic nitrogens is 2. The summed E-state index contributed by atoms with van der Waals surface area (Å²) in [6.45, 7) is 0. The van der Waals surface area contributed by atoms with Crippen LogP contribution in [0.15, 0.2) is 20.1 Å². The zero-order valence-electron chi connectivity index (χ0n) is 7.97. The summed E-state index contributed by atoms with van der Waals surface area (Å²) < 4.78 is 27.5. The Morgan fingerprint density at radius 1 is 1.38 bits per heavy atom. The molecule has 0 radical (unpaired) electrons. The van der Waals surface area contributed by atoms with Crippen molar-refractivity contribution in [1.29, 1.82) is 0 Å². The number of H-pyrrole nitrogens is 1. The Hall–Kier alpha value is -1.50. The van der Waals surface area contributed by atoms with Gasteiger partial charge in [0, 0.05) is 7.05 Å². The fraction of sp³-hybridized carbons (Fsp3) is 0.111. The first-order valence-corrected chi connectivity index (χ1v) is 4.99. The smallest absolute Gasteiger partial charge is 0.304 e. The number of nitrogens with zero attached hydrogens (tertiary/aromatic N) is 1. The van der Waals surface area contributed by atoms with Gasteiger partial charge in [0.1, 0.15) is 11.2 Å². The van der Waals surface area contributed by atoms with Gasteiger partial charge >= 0.3 is 5.69 Å². The van der Waals surface area contributed by atoms with E-state index in [0.29, 0.717) is 4.57 Å². The molecule has 0 fully saturated rings. The lowest BCUT2D eigenvalue weighted by molar-refractivity contribution is 0.604. The zero-order chi connectivity index (χ0) is 12.0. The highest BCUT2D eigenvalue weighted by Gasteiger charge is 2.16. The molecule has 1 N–H and O–H groups in total. The molecule has 0 spiro atoms. The number of rotatable bonds is 0. The summed E-state index contributed by atoms with van der Waals surface area (Å²) in [4.78, 5) is 24.9. The maximum absolute atomic E-state index is 13.5. The summed E-state index contributed by atoms with van der Waals surface area (Å²) >= 11 is 2.79. The Morgan fingerprint density at radius 2 is 2.00 bits per heavy atom. The molecule has 1 aromatic heterocycles. The predicted octanol–water partition coefficient (Wildman–Crippen LogP) is 1.27. The molecule has 4 nitrogen and oxygen atoms in total. The standard InChI is InChI=1S/C9H5BrF2N2O2/c1-14-8(15)5-4(11)2-3(10)6(12)7(5)13-9(14)16/h2H,1H3,(H,13,16). The van der Waals surface area contributed by atoms with Gasteiger partial charge in [0.05, 0.1) is 9.99 Å². The fourth-order valence-electron chi connectivity index (χ4n) is 1.37. The molecule has 7 heteroatoms. The van der Waals surface area contributed by atoms with E-state index in [2.05, 4.69) is 20.9 Å². The third-order valence-electron chi connectivity index (χ3n) is 2.23. The third-order valence-corrected chi connectivity index (χ3v) is 2.80. The van der Waals surface area contributed by atoms with Crippen LogP contribution < -0.4 is 11.2 Å². The number of hydrogen-bond donors (Lipinski definition) is 1. The number of aromatic amines is 1. The quantitative estimate of drug-likeness (QED) is 0.743. The Labute approximate surface area is 95.6 Å². The van der Waals surface area contributed by atoms with Gasteiger partial charge in [0.2, 0.25) is 0 Å². The first kappa shape index (κ1) is 11.0. The molecule has 0 amide bonds. The molecule has 0 atom stereocenters. The Morgan fingerprint density at radius 3 is 2.62 bits per heavy atom. The average molecular weight is 291 g/mol. The average Bonchev–Trinajstić information content (AvgIpc) is 2.22. The van der Waals surface area contributed by atoms with Gasteiger partial charge in [-0.2, -0.15) is 0 Å². The SMILES string of the molecule is Cn1c(=O)[nH]c2c(F)c(Br)cc(F)c2c1=O. The Balaban J connectivity index is 3.20. The topological polar surface area (TPSA) is 54.9 Å². The van der Waals surface area contributed by atoms with E-state index in [0.717, 1.165) is 6.07 Å². The van der Waals surface area contributed by atoms with Crippen molar-refractivity contribution < 1.29 is 8.78 Å². The zero-order valence-corrected chi connectivity index (χ0v) is 9.56. The van der Waals surface area contributed by atoms with Gasteiger partial charge in [-0.25, -0.2) is 13.6 Å². The van der Waals surface area contributed by atoms with Crippen molar-refractivity contribution in [2.24, 2.45) is 7.05 Å². The minimum Gasteiger partial charge on any atom is -0.304 e. The molecule has 1 heterocycles. The van der Waals surface area contributed by atoms with Gasteiger partial charge in [-0.05, 0) is 22.0 Å². The minimum absolute atomic E-state index is 0.151. The first-order chi connectivity index (χ1) is 7.43. The van der Waals surface area contributed by atoms with E-state index in [1.54, 1.807) is 0 Å². The van der Waals surface area contributed by atoms with Gasteiger partial charge in [-0.15, -0.1) is 0 Å². The second kappa shape index (κ2) is 3.51.